The molecular weight excluding hydrogens is 252 g/mol. The molecule has 0 saturated heterocycles. The number of Topliss-reactive ketones (excluding diaryl/α,β-unsaturated/α-hetero) is 1. The molecule has 2 rings (SSSR count). The molecule has 1 aromatic rings. The molecule has 0 radical (unpaired) electrons. The van der Waals surface area contributed by atoms with Gasteiger partial charge in [0.2, 0.25) is 0 Å². The topological polar surface area (TPSA) is 35.5 Å². The molecule has 0 N–H and O–H groups in total. The van der Waals surface area contributed by atoms with Crippen LogP contribution < -0.4 is 9.47 Å². The highest BCUT2D eigenvalue weighted by molar-refractivity contribution is 5.98. The van der Waals surface area contributed by atoms with Crippen molar-refractivity contribution in [1.82, 2.24) is 0 Å². The summed E-state index contributed by atoms with van der Waals surface area (Å²) in [6, 6.07) is 5.56. The molecule has 110 valence electrons. The highest BCUT2D eigenvalue weighted by Gasteiger charge is 2.23. The predicted molar refractivity (Wildman–Crippen MR) is 79.7 cm³/mol. The zero-order valence-electron chi connectivity index (χ0n) is 12.5. The third-order valence-corrected chi connectivity index (χ3v) is 3.80. The van der Waals surface area contributed by atoms with Crippen LogP contribution in [-0.2, 0) is 0 Å². The Balaban J connectivity index is 2.18. The van der Waals surface area contributed by atoms with E-state index in [1.807, 2.05) is 32.0 Å². The van der Waals surface area contributed by atoms with Gasteiger partial charge in [-0.15, -0.1) is 0 Å². The van der Waals surface area contributed by atoms with Gasteiger partial charge in [0.15, 0.2) is 17.3 Å². The van der Waals surface area contributed by atoms with Crippen molar-refractivity contribution in [2.24, 2.45) is 5.92 Å². The van der Waals surface area contributed by atoms with Crippen molar-refractivity contribution in [3.8, 4) is 11.5 Å². The Morgan fingerprint density at radius 2 is 1.70 bits per heavy atom. The molecule has 20 heavy (non-hydrogen) atoms. The molecule has 0 amide bonds. The third-order valence-electron chi connectivity index (χ3n) is 3.80. The van der Waals surface area contributed by atoms with Gasteiger partial charge in [-0.25, -0.2) is 0 Å². The van der Waals surface area contributed by atoms with Crippen LogP contribution in [0.15, 0.2) is 18.2 Å². The van der Waals surface area contributed by atoms with E-state index in [0.29, 0.717) is 19.0 Å². The Bertz CT molecular complexity index is 448. The van der Waals surface area contributed by atoms with Crippen LogP contribution in [0.1, 0.15) is 56.3 Å². The van der Waals surface area contributed by atoms with Gasteiger partial charge in [0, 0.05) is 11.5 Å². The minimum atomic E-state index is 0.191. The third kappa shape index (κ3) is 3.53. The van der Waals surface area contributed by atoms with Gasteiger partial charge in [-0.1, -0.05) is 19.3 Å². The van der Waals surface area contributed by atoms with Gasteiger partial charge < -0.3 is 9.47 Å². The lowest BCUT2D eigenvalue weighted by molar-refractivity contribution is 0.0889. The van der Waals surface area contributed by atoms with Crippen molar-refractivity contribution >= 4 is 5.78 Å². The van der Waals surface area contributed by atoms with Crippen LogP contribution in [0, 0.1) is 5.92 Å². The second-order valence-electron chi connectivity index (χ2n) is 5.23. The fraction of sp³-hybridized carbons (Fsp3) is 0.588. The first-order valence-corrected chi connectivity index (χ1v) is 7.70. The molecule has 1 aromatic carbocycles. The molecule has 1 saturated carbocycles. The van der Waals surface area contributed by atoms with Gasteiger partial charge >= 0.3 is 0 Å². The summed E-state index contributed by atoms with van der Waals surface area (Å²) in [5.41, 5.74) is 0.754. The van der Waals surface area contributed by atoms with E-state index >= 15 is 0 Å². The number of carbonyl (C=O) groups excluding carboxylic acids is 1. The maximum atomic E-state index is 12.5. The van der Waals surface area contributed by atoms with Crippen molar-refractivity contribution in [1.29, 1.82) is 0 Å². The summed E-state index contributed by atoms with van der Waals surface area (Å²) in [6.45, 7) is 5.04. The lowest BCUT2D eigenvalue weighted by Gasteiger charge is -2.21. The van der Waals surface area contributed by atoms with Gasteiger partial charge in [0.1, 0.15) is 0 Å². The molecule has 0 unspecified atom stereocenters. The number of carbonyl (C=O) groups is 1. The lowest BCUT2D eigenvalue weighted by Crippen LogP contribution is -2.18. The molecule has 0 atom stereocenters. The first-order chi connectivity index (χ1) is 9.76. The van der Waals surface area contributed by atoms with Gasteiger partial charge in [0.25, 0.3) is 0 Å². The van der Waals surface area contributed by atoms with E-state index in [2.05, 4.69) is 0 Å². The quantitative estimate of drug-likeness (QED) is 0.729. The molecule has 1 fully saturated rings. The van der Waals surface area contributed by atoms with Crippen molar-refractivity contribution in [2.75, 3.05) is 13.2 Å². The van der Waals surface area contributed by atoms with Gasteiger partial charge in [-0.05, 0) is 44.9 Å². The molecule has 0 aliphatic heterocycles. The second-order valence-corrected chi connectivity index (χ2v) is 5.23. The van der Waals surface area contributed by atoms with E-state index in [1.54, 1.807) is 0 Å². The molecule has 3 heteroatoms. The van der Waals surface area contributed by atoms with Crippen molar-refractivity contribution in [3.05, 3.63) is 23.8 Å². The van der Waals surface area contributed by atoms with Crippen LogP contribution in [0.2, 0.25) is 0 Å². The van der Waals surface area contributed by atoms with Gasteiger partial charge in [-0.3, -0.25) is 4.79 Å². The minimum absolute atomic E-state index is 0.191. The van der Waals surface area contributed by atoms with Crippen LogP contribution in [0.5, 0.6) is 11.5 Å². The summed E-state index contributed by atoms with van der Waals surface area (Å²) in [4.78, 5) is 12.5. The number of ether oxygens (including phenoxy) is 2. The second kappa shape index (κ2) is 7.32. The summed E-state index contributed by atoms with van der Waals surface area (Å²) < 4.78 is 11.1. The molecule has 0 heterocycles. The van der Waals surface area contributed by atoms with E-state index in [-0.39, 0.29) is 11.7 Å². The molecule has 0 bridgehead atoms. The molecule has 1 aliphatic rings. The number of benzene rings is 1. The summed E-state index contributed by atoms with van der Waals surface area (Å²) in [7, 11) is 0. The van der Waals surface area contributed by atoms with E-state index in [0.717, 1.165) is 24.2 Å². The molecule has 1 aliphatic carbocycles. The average molecular weight is 276 g/mol. The normalized spacial score (nSPS) is 15.9. The van der Waals surface area contributed by atoms with Gasteiger partial charge in [-0.2, -0.15) is 0 Å². The molecular formula is C17H24O3. The average Bonchev–Trinajstić information content (AvgIpc) is 2.50. The zero-order valence-corrected chi connectivity index (χ0v) is 12.5. The van der Waals surface area contributed by atoms with Crippen LogP contribution in [0.3, 0.4) is 0 Å². The van der Waals surface area contributed by atoms with E-state index in [4.69, 9.17) is 9.47 Å². The maximum Gasteiger partial charge on any atom is 0.166 e. The summed E-state index contributed by atoms with van der Waals surface area (Å²) in [6.07, 6.45) is 5.65. The largest absolute Gasteiger partial charge is 0.490 e. The lowest BCUT2D eigenvalue weighted by atomic mass is 9.84. The van der Waals surface area contributed by atoms with Crippen LogP contribution in [0.4, 0.5) is 0 Å². The molecule has 3 nitrogen and oxygen atoms in total. The monoisotopic (exact) mass is 276 g/mol. The first kappa shape index (κ1) is 14.9. The Hall–Kier alpha value is -1.51. The Morgan fingerprint density at radius 1 is 1.05 bits per heavy atom. The smallest absolute Gasteiger partial charge is 0.166 e. The van der Waals surface area contributed by atoms with E-state index in [1.165, 1.54) is 19.3 Å². The van der Waals surface area contributed by atoms with Crippen LogP contribution in [0.25, 0.3) is 0 Å². The summed E-state index contributed by atoms with van der Waals surface area (Å²) >= 11 is 0. The molecule has 0 aromatic heterocycles. The zero-order chi connectivity index (χ0) is 14.4. The summed E-state index contributed by atoms with van der Waals surface area (Å²) in [5, 5.41) is 0. The van der Waals surface area contributed by atoms with Crippen molar-refractivity contribution in [3.63, 3.8) is 0 Å². The standard InChI is InChI=1S/C17H24O3/c1-3-19-15-11-10-14(12-16(15)20-4-2)17(18)13-8-6-5-7-9-13/h10-13H,3-9H2,1-2H3. The predicted octanol–water partition coefficient (Wildman–Crippen LogP) is 4.25. The van der Waals surface area contributed by atoms with E-state index in [9.17, 15) is 4.79 Å². The Morgan fingerprint density at radius 3 is 2.35 bits per heavy atom. The Kier molecular flexibility index (Phi) is 5.45. The van der Waals surface area contributed by atoms with E-state index < -0.39 is 0 Å². The number of rotatable bonds is 6. The maximum absolute atomic E-state index is 12.5. The molecule has 0 spiro atoms. The van der Waals surface area contributed by atoms with Crippen molar-refractivity contribution < 1.29 is 14.3 Å². The summed E-state index contributed by atoms with van der Waals surface area (Å²) in [5.74, 6) is 1.84. The number of ketones is 1. The Labute approximate surface area is 121 Å². The first-order valence-electron chi connectivity index (χ1n) is 7.70. The number of hydrogen-bond acceptors (Lipinski definition) is 3. The fourth-order valence-electron chi connectivity index (χ4n) is 2.80. The van der Waals surface area contributed by atoms with Crippen molar-refractivity contribution in [2.45, 2.75) is 46.0 Å². The fourth-order valence-corrected chi connectivity index (χ4v) is 2.80. The highest BCUT2D eigenvalue weighted by Crippen LogP contribution is 2.32. The minimum Gasteiger partial charge on any atom is -0.490 e. The number of hydrogen-bond donors (Lipinski definition) is 0. The highest BCUT2D eigenvalue weighted by atomic mass is 16.5. The SMILES string of the molecule is CCOc1ccc(C(=O)C2CCCCC2)cc1OCC. The van der Waals surface area contributed by atoms with Crippen LogP contribution in [-0.4, -0.2) is 19.0 Å². The van der Waals surface area contributed by atoms with Crippen LogP contribution >= 0.6 is 0 Å². The van der Waals surface area contributed by atoms with Gasteiger partial charge in [0.05, 0.1) is 13.2 Å².